The molecule has 7 nitrogen and oxygen atoms in total. The summed E-state index contributed by atoms with van der Waals surface area (Å²) < 4.78 is 5.40. The van der Waals surface area contributed by atoms with Gasteiger partial charge in [0, 0.05) is 18.5 Å². The van der Waals surface area contributed by atoms with Gasteiger partial charge in [-0.1, -0.05) is 29.5 Å². The number of nitrogens with one attached hydrogen (secondary N) is 2. The predicted octanol–water partition coefficient (Wildman–Crippen LogP) is 2.94. The summed E-state index contributed by atoms with van der Waals surface area (Å²) in [5.74, 6) is 1.11. The van der Waals surface area contributed by atoms with E-state index < -0.39 is 0 Å². The van der Waals surface area contributed by atoms with E-state index in [0.717, 1.165) is 5.76 Å². The smallest absolute Gasteiger partial charge is 0.286 e. The van der Waals surface area contributed by atoms with Crippen molar-refractivity contribution in [3.8, 4) is 0 Å². The molecular weight excluding hydrogens is 352 g/mol. The summed E-state index contributed by atoms with van der Waals surface area (Å²) in [6.45, 7) is 2.21. The topological polar surface area (TPSA) is 97.1 Å². The Morgan fingerprint density at radius 1 is 1.12 bits per heavy atom. The van der Waals surface area contributed by atoms with Gasteiger partial charge >= 0.3 is 0 Å². The molecule has 0 radical (unpaired) electrons. The van der Waals surface area contributed by atoms with E-state index in [-0.39, 0.29) is 23.2 Å². The molecule has 3 aromatic rings. The number of carbonyl (C=O) groups is 2. The molecule has 0 atom stereocenters. The highest BCUT2D eigenvalue weighted by atomic mass is 32.1. The molecule has 1 aromatic carbocycles. The van der Waals surface area contributed by atoms with E-state index in [1.807, 2.05) is 37.3 Å². The van der Waals surface area contributed by atoms with Crippen LogP contribution in [0.15, 0.2) is 46.9 Å². The zero-order valence-electron chi connectivity index (χ0n) is 14.2. The van der Waals surface area contributed by atoms with E-state index in [9.17, 15) is 9.59 Å². The first-order valence-electron chi connectivity index (χ1n) is 8.11. The van der Waals surface area contributed by atoms with Crippen LogP contribution in [0.25, 0.3) is 0 Å². The molecule has 26 heavy (non-hydrogen) atoms. The third-order valence-electron chi connectivity index (χ3n) is 3.51. The number of rotatable bonds is 7. The van der Waals surface area contributed by atoms with Crippen molar-refractivity contribution >= 4 is 28.8 Å². The van der Waals surface area contributed by atoms with Crippen molar-refractivity contribution in [2.45, 2.75) is 26.3 Å². The van der Waals surface area contributed by atoms with Crippen molar-refractivity contribution in [3.05, 3.63) is 64.0 Å². The number of para-hydroxylation sites is 1. The number of amides is 2. The molecule has 0 aliphatic heterocycles. The maximum Gasteiger partial charge on any atom is 0.286 e. The number of aryl methyl sites for hydroxylation is 2. The lowest BCUT2D eigenvalue weighted by atomic mass is 10.3. The van der Waals surface area contributed by atoms with Gasteiger partial charge in [-0.25, -0.2) is 0 Å². The largest absolute Gasteiger partial charge is 0.465 e. The predicted molar refractivity (Wildman–Crippen MR) is 97.9 cm³/mol. The van der Waals surface area contributed by atoms with Crippen molar-refractivity contribution in [1.29, 1.82) is 0 Å². The van der Waals surface area contributed by atoms with E-state index in [1.165, 1.54) is 11.3 Å². The van der Waals surface area contributed by atoms with Gasteiger partial charge in [0.05, 0.1) is 6.54 Å². The summed E-state index contributed by atoms with van der Waals surface area (Å²) >= 11 is 1.19. The van der Waals surface area contributed by atoms with Crippen molar-refractivity contribution in [2.24, 2.45) is 0 Å². The van der Waals surface area contributed by atoms with Crippen LogP contribution in [0.3, 0.4) is 0 Å². The molecule has 8 heteroatoms. The summed E-state index contributed by atoms with van der Waals surface area (Å²) in [6, 6.07) is 12.8. The van der Waals surface area contributed by atoms with Gasteiger partial charge in [-0.2, -0.15) is 0 Å². The zero-order valence-corrected chi connectivity index (χ0v) is 15.0. The van der Waals surface area contributed by atoms with Crippen LogP contribution in [0.5, 0.6) is 0 Å². The Morgan fingerprint density at radius 3 is 2.65 bits per heavy atom. The molecular formula is C18H18N4O3S. The molecule has 0 aliphatic carbocycles. The number of hydrogen-bond acceptors (Lipinski definition) is 6. The molecule has 0 unspecified atom stereocenters. The van der Waals surface area contributed by atoms with Crippen LogP contribution >= 0.6 is 11.3 Å². The van der Waals surface area contributed by atoms with Gasteiger partial charge < -0.3 is 15.1 Å². The number of anilines is 1. The molecule has 0 fully saturated rings. The molecule has 0 aliphatic rings. The molecule has 2 amide bonds. The Kier molecular flexibility index (Phi) is 5.75. The Labute approximate surface area is 154 Å². The van der Waals surface area contributed by atoms with Crippen LogP contribution in [0.4, 0.5) is 5.69 Å². The second-order valence-electron chi connectivity index (χ2n) is 5.61. The standard InChI is InChI=1S/C18H18N4O3S/c1-12-7-8-14(25-12)11-19-15(23)9-10-16-21-22-18(26-16)17(24)20-13-5-3-2-4-6-13/h2-8H,9-11H2,1H3,(H,19,23)(H,20,24). The minimum absolute atomic E-state index is 0.107. The summed E-state index contributed by atoms with van der Waals surface area (Å²) in [5, 5.41) is 14.3. The third-order valence-corrected chi connectivity index (χ3v) is 4.50. The monoisotopic (exact) mass is 370 g/mol. The highest BCUT2D eigenvalue weighted by molar-refractivity contribution is 7.13. The van der Waals surface area contributed by atoms with Gasteiger partial charge in [0.25, 0.3) is 5.91 Å². The van der Waals surface area contributed by atoms with E-state index in [2.05, 4.69) is 20.8 Å². The SMILES string of the molecule is Cc1ccc(CNC(=O)CCc2nnc(C(=O)Nc3ccccc3)s2)o1. The summed E-state index contributed by atoms with van der Waals surface area (Å²) in [6.07, 6.45) is 0.702. The van der Waals surface area contributed by atoms with Crippen molar-refractivity contribution in [3.63, 3.8) is 0 Å². The normalized spacial score (nSPS) is 10.5. The second kappa shape index (κ2) is 8.39. The maximum absolute atomic E-state index is 12.1. The Hall–Kier alpha value is -3.00. The molecule has 0 saturated heterocycles. The number of aromatic nitrogens is 2. The quantitative estimate of drug-likeness (QED) is 0.666. The Bertz CT molecular complexity index is 889. The number of carbonyl (C=O) groups excluding carboxylic acids is 2. The van der Waals surface area contributed by atoms with Crippen LogP contribution in [0.2, 0.25) is 0 Å². The first-order chi connectivity index (χ1) is 12.6. The molecule has 0 spiro atoms. The van der Waals surface area contributed by atoms with Gasteiger partial charge in [0.2, 0.25) is 10.9 Å². The van der Waals surface area contributed by atoms with E-state index >= 15 is 0 Å². The van der Waals surface area contributed by atoms with E-state index in [1.54, 1.807) is 12.1 Å². The lowest BCUT2D eigenvalue weighted by molar-refractivity contribution is -0.121. The Morgan fingerprint density at radius 2 is 1.92 bits per heavy atom. The summed E-state index contributed by atoms with van der Waals surface area (Å²) in [5.41, 5.74) is 0.696. The first-order valence-corrected chi connectivity index (χ1v) is 8.92. The molecule has 0 saturated carbocycles. The molecule has 0 bridgehead atoms. The number of nitrogens with zero attached hydrogens (tertiary/aromatic N) is 2. The van der Waals surface area contributed by atoms with Crippen molar-refractivity contribution in [1.82, 2.24) is 15.5 Å². The van der Waals surface area contributed by atoms with Gasteiger partial charge in [-0.3, -0.25) is 9.59 Å². The van der Waals surface area contributed by atoms with Crippen LogP contribution in [-0.4, -0.2) is 22.0 Å². The lowest BCUT2D eigenvalue weighted by Gasteiger charge is -2.02. The van der Waals surface area contributed by atoms with Crippen molar-refractivity contribution < 1.29 is 14.0 Å². The second-order valence-corrected chi connectivity index (χ2v) is 6.67. The highest BCUT2D eigenvalue weighted by Crippen LogP contribution is 2.14. The fourth-order valence-electron chi connectivity index (χ4n) is 2.23. The number of furan rings is 1. The van der Waals surface area contributed by atoms with E-state index in [4.69, 9.17) is 4.42 Å². The fourth-order valence-corrected chi connectivity index (χ4v) is 2.96. The molecule has 2 aromatic heterocycles. The number of benzene rings is 1. The van der Waals surface area contributed by atoms with Crippen LogP contribution in [-0.2, 0) is 17.8 Å². The van der Waals surface area contributed by atoms with Crippen LogP contribution < -0.4 is 10.6 Å². The van der Waals surface area contributed by atoms with Gasteiger partial charge in [-0.15, -0.1) is 10.2 Å². The Balaban J connectivity index is 1.45. The average Bonchev–Trinajstić information content (AvgIpc) is 3.28. The van der Waals surface area contributed by atoms with Crippen LogP contribution in [0, 0.1) is 6.92 Å². The first kappa shape index (κ1) is 17.8. The third kappa shape index (κ3) is 5.00. The minimum atomic E-state index is -0.308. The molecule has 134 valence electrons. The summed E-state index contributed by atoms with van der Waals surface area (Å²) in [4.78, 5) is 24.0. The fraction of sp³-hybridized carbons (Fsp3) is 0.222. The van der Waals surface area contributed by atoms with Crippen LogP contribution in [0.1, 0.15) is 32.8 Å². The minimum Gasteiger partial charge on any atom is -0.465 e. The van der Waals surface area contributed by atoms with Gasteiger partial charge in [0.1, 0.15) is 16.5 Å². The summed E-state index contributed by atoms with van der Waals surface area (Å²) in [7, 11) is 0. The molecule has 3 rings (SSSR count). The van der Waals surface area contributed by atoms with Gasteiger partial charge in [-0.05, 0) is 31.2 Å². The maximum atomic E-state index is 12.1. The zero-order chi connectivity index (χ0) is 18.4. The van der Waals surface area contributed by atoms with Crippen molar-refractivity contribution in [2.75, 3.05) is 5.32 Å². The molecule has 2 N–H and O–H groups in total. The number of hydrogen-bond donors (Lipinski definition) is 2. The highest BCUT2D eigenvalue weighted by Gasteiger charge is 2.14. The lowest BCUT2D eigenvalue weighted by Crippen LogP contribution is -2.22. The average molecular weight is 370 g/mol. The van der Waals surface area contributed by atoms with Gasteiger partial charge in [0.15, 0.2) is 0 Å². The van der Waals surface area contributed by atoms with E-state index in [0.29, 0.717) is 29.4 Å². The molecule has 2 heterocycles.